The summed E-state index contributed by atoms with van der Waals surface area (Å²) in [4.78, 5) is 0. The lowest BCUT2D eigenvalue weighted by molar-refractivity contribution is 0.278. The van der Waals surface area contributed by atoms with Crippen molar-refractivity contribution in [3.63, 3.8) is 0 Å². The smallest absolute Gasteiger partial charge is 0.165 e. The van der Waals surface area contributed by atoms with Gasteiger partial charge in [0.15, 0.2) is 11.6 Å². The average Bonchev–Trinajstić information content (AvgIpc) is 2.95. The fourth-order valence-electron chi connectivity index (χ4n) is 1.56. The second-order valence-corrected chi connectivity index (χ2v) is 3.73. The number of ether oxygens (including phenoxy) is 1. The molecule has 0 amide bonds. The van der Waals surface area contributed by atoms with Crippen LogP contribution in [0.15, 0.2) is 24.3 Å². The quantitative estimate of drug-likeness (QED) is 0.795. The van der Waals surface area contributed by atoms with E-state index in [-0.39, 0.29) is 5.82 Å². The monoisotopic (exact) mass is 195 g/mol. The molecule has 0 heterocycles. The van der Waals surface area contributed by atoms with E-state index >= 15 is 0 Å². The van der Waals surface area contributed by atoms with Crippen LogP contribution in [0.4, 0.5) is 4.39 Å². The van der Waals surface area contributed by atoms with Gasteiger partial charge in [0, 0.05) is 0 Å². The fraction of sp³-hybridized carbons (Fsp3) is 0.455. The van der Waals surface area contributed by atoms with E-state index in [0.29, 0.717) is 30.7 Å². The van der Waals surface area contributed by atoms with Gasteiger partial charge in [-0.3, -0.25) is 0 Å². The zero-order valence-electron chi connectivity index (χ0n) is 7.95. The molecule has 3 heteroatoms. The third-order valence-electron chi connectivity index (χ3n) is 2.66. The van der Waals surface area contributed by atoms with E-state index in [2.05, 4.69) is 0 Å². The fourth-order valence-corrected chi connectivity index (χ4v) is 1.56. The van der Waals surface area contributed by atoms with Crippen LogP contribution in [-0.2, 0) is 0 Å². The predicted octanol–water partition coefficient (Wildman–Crippen LogP) is 1.80. The molecule has 1 fully saturated rings. The van der Waals surface area contributed by atoms with Crippen molar-refractivity contribution >= 4 is 0 Å². The van der Waals surface area contributed by atoms with Crippen LogP contribution in [0.1, 0.15) is 6.42 Å². The minimum atomic E-state index is -0.294. The zero-order valence-corrected chi connectivity index (χ0v) is 7.95. The highest BCUT2D eigenvalue weighted by atomic mass is 19.1. The first-order valence-corrected chi connectivity index (χ1v) is 4.88. The molecular weight excluding hydrogens is 181 g/mol. The number of benzene rings is 1. The third-order valence-corrected chi connectivity index (χ3v) is 2.66. The number of hydrogen-bond acceptors (Lipinski definition) is 2. The number of para-hydroxylation sites is 1. The molecule has 1 aliphatic carbocycles. The predicted molar refractivity (Wildman–Crippen MR) is 52.5 cm³/mol. The Hall–Kier alpha value is -1.09. The maximum Gasteiger partial charge on any atom is 0.165 e. The van der Waals surface area contributed by atoms with Crippen molar-refractivity contribution in [2.45, 2.75) is 6.42 Å². The first kappa shape index (κ1) is 9.46. The van der Waals surface area contributed by atoms with E-state index in [1.807, 2.05) is 0 Å². The molecule has 0 aromatic heterocycles. The van der Waals surface area contributed by atoms with E-state index in [9.17, 15) is 4.39 Å². The highest BCUT2D eigenvalue weighted by Gasteiger charge is 2.36. The summed E-state index contributed by atoms with van der Waals surface area (Å²) in [7, 11) is 0. The van der Waals surface area contributed by atoms with Gasteiger partial charge in [-0.2, -0.15) is 0 Å². The van der Waals surface area contributed by atoms with E-state index in [0.717, 1.165) is 6.42 Å². The second kappa shape index (κ2) is 3.96. The normalized spacial score (nSPS) is 24.7. The highest BCUT2D eigenvalue weighted by molar-refractivity contribution is 5.23. The molecule has 2 atom stereocenters. The lowest BCUT2D eigenvalue weighted by Gasteiger charge is -2.05. The maximum atomic E-state index is 13.1. The maximum absolute atomic E-state index is 13.1. The summed E-state index contributed by atoms with van der Waals surface area (Å²) in [5.41, 5.74) is 5.49. The molecular formula is C11H14FNO. The number of rotatable bonds is 4. The van der Waals surface area contributed by atoms with Gasteiger partial charge < -0.3 is 10.5 Å². The summed E-state index contributed by atoms with van der Waals surface area (Å²) in [5, 5.41) is 0. The summed E-state index contributed by atoms with van der Waals surface area (Å²) in [6, 6.07) is 6.48. The summed E-state index contributed by atoms with van der Waals surface area (Å²) >= 11 is 0. The second-order valence-electron chi connectivity index (χ2n) is 3.73. The van der Waals surface area contributed by atoms with Crippen LogP contribution in [0.25, 0.3) is 0 Å². The van der Waals surface area contributed by atoms with Crippen molar-refractivity contribution in [1.29, 1.82) is 0 Å². The van der Waals surface area contributed by atoms with Gasteiger partial charge in [0.05, 0.1) is 6.61 Å². The van der Waals surface area contributed by atoms with Gasteiger partial charge in [-0.1, -0.05) is 12.1 Å². The summed E-state index contributed by atoms with van der Waals surface area (Å²) in [5.74, 6) is 1.16. The van der Waals surface area contributed by atoms with Gasteiger partial charge in [0.1, 0.15) is 0 Å². The molecule has 0 radical (unpaired) electrons. The van der Waals surface area contributed by atoms with Crippen LogP contribution in [-0.4, -0.2) is 13.2 Å². The minimum absolute atomic E-state index is 0.294. The molecule has 1 aromatic rings. The Balaban J connectivity index is 1.84. The molecule has 1 saturated carbocycles. The van der Waals surface area contributed by atoms with Gasteiger partial charge in [-0.05, 0) is 36.9 Å². The van der Waals surface area contributed by atoms with Crippen molar-refractivity contribution in [2.75, 3.05) is 13.2 Å². The van der Waals surface area contributed by atoms with E-state index < -0.39 is 0 Å². The molecule has 0 aliphatic heterocycles. The van der Waals surface area contributed by atoms with Crippen LogP contribution in [0.3, 0.4) is 0 Å². The minimum Gasteiger partial charge on any atom is -0.490 e. The highest BCUT2D eigenvalue weighted by Crippen LogP contribution is 2.37. The zero-order chi connectivity index (χ0) is 9.97. The molecule has 2 nitrogen and oxygen atoms in total. The molecule has 14 heavy (non-hydrogen) atoms. The van der Waals surface area contributed by atoms with E-state index in [1.54, 1.807) is 18.2 Å². The molecule has 1 aliphatic rings. The lowest BCUT2D eigenvalue weighted by Crippen LogP contribution is -2.07. The van der Waals surface area contributed by atoms with Crippen LogP contribution >= 0.6 is 0 Å². The number of halogens is 1. The van der Waals surface area contributed by atoms with Crippen molar-refractivity contribution in [3.8, 4) is 5.75 Å². The Bertz CT molecular complexity index is 316. The largest absolute Gasteiger partial charge is 0.490 e. The third kappa shape index (κ3) is 2.04. The van der Waals surface area contributed by atoms with Gasteiger partial charge in [-0.25, -0.2) is 4.39 Å². The first-order valence-electron chi connectivity index (χ1n) is 4.88. The van der Waals surface area contributed by atoms with Gasteiger partial charge in [-0.15, -0.1) is 0 Å². The molecule has 1 aromatic carbocycles. The van der Waals surface area contributed by atoms with Crippen molar-refractivity contribution in [3.05, 3.63) is 30.1 Å². The van der Waals surface area contributed by atoms with Crippen LogP contribution in [0.5, 0.6) is 5.75 Å². The van der Waals surface area contributed by atoms with Gasteiger partial charge in [0.25, 0.3) is 0 Å². The topological polar surface area (TPSA) is 35.2 Å². The molecule has 0 saturated heterocycles. The summed E-state index contributed by atoms with van der Waals surface area (Å²) in [6.07, 6.45) is 1.12. The number of nitrogens with two attached hydrogens (primary N) is 1. The van der Waals surface area contributed by atoms with Crippen LogP contribution in [0.2, 0.25) is 0 Å². The summed E-state index contributed by atoms with van der Waals surface area (Å²) in [6.45, 7) is 1.30. The Morgan fingerprint density at radius 2 is 2.14 bits per heavy atom. The lowest BCUT2D eigenvalue weighted by atomic mass is 10.3. The van der Waals surface area contributed by atoms with Gasteiger partial charge >= 0.3 is 0 Å². The molecule has 76 valence electrons. The van der Waals surface area contributed by atoms with E-state index in [4.69, 9.17) is 10.5 Å². The Morgan fingerprint density at radius 3 is 2.79 bits per heavy atom. The average molecular weight is 195 g/mol. The SMILES string of the molecule is NCC1CC1COc1ccccc1F. The van der Waals surface area contributed by atoms with Crippen molar-refractivity contribution in [2.24, 2.45) is 17.6 Å². The Labute approximate surface area is 82.9 Å². The van der Waals surface area contributed by atoms with Crippen molar-refractivity contribution < 1.29 is 9.13 Å². The van der Waals surface area contributed by atoms with Crippen molar-refractivity contribution in [1.82, 2.24) is 0 Å². The molecule has 2 unspecified atom stereocenters. The molecule has 2 rings (SSSR count). The Morgan fingerprint density at radius 1 is 1.36 bits per heavy atom. The molecule has 2 N–H and O–H groups in total. The molecule has 0 spiro atoms. The molecule has 0 bridgehead atoms. The van der Waals surface area contributed by atoms with E-state index in [1.165, 1.54) is 6.07 Å². The van der Waals surface area contributed by atoms with Gasteiger partial charge in [0.2, 0.25) is 0 Å². The van der Waals surface area contributed by atoms with Crippen LogP contribution in [0, 0.1) is 17.7 Å². The summed E-state index contributed by atoms with van der Waals surface area (Å²) < 4.78 is 18.5. The Kier molecular flexibility index (Phi) is 2.68. The van der Waals surface area contributed by atoms with Crippen LogP contribution < -0.4 is 10.5 Å². The standard InChI is InChI=1S/C11H14FNO/c12-10-3-1-2-4-11(10)14-7-9-5-8(9)6-13/h1-4,8-9H,5-7,13H2. The first-order chi connectivity index (χ1) is 6.81. The number of hydrogen-bond donors (Lipinski definition) is 1.